The summed E-state index contributed by atoms with van der Waals surface area (Å²) >= 11 is 7.55. The minimum Gasteiger partial charge on any atom is -0.485 e. The van der Waals surface area contributed by atoms with Crippen LogP contribution in [0, 0.1) is 6.92 Å². The van der Waals surface area contributed by atoms with Crippen LogP contribution in [-0.2, 0) is 16.1 Å². The maximum absolute atomic E-state index is 12.9. The van der Waals surface area contributed by atoms with Gasteiger partial charge in [0, 0.05) is 24.2 Å². The Morgan fingerprint density at radius 1 is 1.18 bits per heavy atom. The maximum Gasteiger partial charge on any atom is 0.233 e. The number of benzene rings is 1. The first-order chi connectivity index (χ1) is 15.9. The van der Waals surface area contributed by atoms with Crippen LogP contribution in [0.5, 0.6) is 5.75 Å². The fourth-order valence-electron chi connectivity index (χ4n) is 4.73. The first kappa shape index (κ1) is 24.4. The Balaban J connectivity index is 1.46. The number of aryl methyl sites for hydroxylation is 1. The number of ether oxygens (including phenoxy) is 2. The van der Waals surface area contributed by atoms with Gasteiger partial charge in [-0.15, -0.1) is 10.2 Å². The first-order valence-electron chi connectivity index (χ1n) is 11.8. The van der Waals surface area contributed by atoms with Crippen molar-refractivity contribution in [2.45, 2.75) is 82.9 Å². The first-order valence-corrected chi connectivity index (χ1v) is 13.2. The summed E-state index contributed by atoms with van der Waals surface area (Å²) < 4.78 is 14.1. The zero-order valence-corrected chi connectivity index (χ0v) is 21.2. The fraction of sp³-hybridized carbons (Fsp3) is 0.625. The number of rotatable bonds is 7. The Hall–Kier alpha value is -1.77. The van der Waals surface area contributed by atoms with Gasteiger partial charge in [0.05, 0.1) is 18.0 Å². The van der Waals surface area contributed by atoms with Crippen LogP contribution in [0.2, 0.25) is 5.02 Å². The van der Waals surface area contributed by atoms with Crippen molar-refractivity contribution in [2.75, 3.05) is 18.8 Å². The molecule has 2 fully saturated rings. The van der Waals surface area contributed by atoms with E-state index in [2.05, 4.69) is 14.8 Å². The second-order valence-electron chi connectivity index (χ2n) is 9.10. The Morgan fingerprint density at radius 2 is 1.91 bits per heavy atom. The molecule has 1 aromatic carbocycles. The third-order valence-corrected chi connectivity index (χ3v) is 7.43. The highest BCUT2D eigenvalue weighted by atomic mass is 35.5. The minimum absolute atomic E-state index is 0.0636. The molecule has 1 saturated heterocycles. The summed E-state index contributed by atoms with van der Waals surface area (Å²) in [6.45, 7) is 7.61. The van der Waals surface area contributed by atoms with E-state index in [9.17, 15) is 4.79 Å². The average Bonchev–Trinajstić information content (AvgIpc) is 3.19. The molecule has 9 heteroatoms. The Kier molecular flexibility index (Phi) is 8.20. The predicted octanol–water partition coefficient (Wildman–Crippen LogP) is 5.05. The summed E-state index contributed by atoms with van der Waals surface area (Å²) in [5.74, 6) is 2.06. The van der Waals surface area contributed by atoms with Crippen LogP contribution in [0.3, 0.4) is 0 Å². The molecule has 1 saturated carbocycles. The molecule has 1 aliphatic heterocycles. The van der Waals surface area contributed by atoms with Crippen molar-refractivity contribution in [2.24, 2.45) is 0 Å². The van der Waals surface area contributed by atoms with Gasteiger partial charge in [0.2, 0.25) is 5.91 Å². The number of aromatic nitrogens is 3. The largest absolute Gasteiger partial charge is 0.485 e. The molecule has 180 valence electrons. The second-order valence-corrected chi connectivity index (χ2v) is 10.5. The molecule has 0 spiro atoms. The number of hydrogen-bond donors (Lipinski definition) is 0. The molecule has 1 aromatic heterocycles. The standard InChI is InChI=1S/C24H33ClN4O3S/c1-16-11-19(25)9-10-21(16)31-14-22-26-27-24(29(22)20-7-5-4-6-8-20)33-15-23(30)28-12-17(2)32-18(3)13-28/h9-11,17-18,20H,4-8,12-15H2,1-3H3/t17-,18-/m1/s1. The highest BCUT2D eigenvalue weighted by Crippen LogP contribution is 2.33. The van der Waals surface area contributed by atoms with Crippen LogP contribution in [0.4, 0.5) is 0 Å². The van der Waals surface area contributed by atoms with Crippen molar-refractivity contribution in [3.63, 3.8) is 0 Å². The van der Waals surface area contributed by atoms with E-state index in [0.717, 1.165) is 35.1 Å². The maximum atomic E-state index is 12.9. The van der Waals surface area contributed by atoms with E-state index in [4.69, 9.17) is 21.1 Å². The number of hydrogen-bond acceptors (Lipinski definition) is 6. The molecule has 33 heavy (non-hydrogen) atoms. The number of nitrogens with zero attached hydrogens (tertiary/aromatic N) is 4. The Bertz CT molecular complexity index is 953. The van der Waals surface area contributed by atoms with E-state index in [1.54, 1.807) is 0 Å². The molecule has 4 rings (SSSR count). The third-order valence-electron chi connectivity index (χ3n) is 6.27. The molecule has 1 aliphatic carbocycles. The number of morpholine rings is 1. The van der Waals surface area contributed by atoms with E-state index in [1.165, 1.54) is 31.0 Å². The van der Waals surface area contributed by atoms with E-state index >= 15 is 0 Å². The third kappa shape index (κ3) is 6.22. The molecule has 2 aromatic rings. The summed E-state index contributed by atoms with van der Waals surface area (Å²) in [6.07, 6.45) is 6.00. The van der Waals surface area contributed by atoms with Crippen LogP contribution >= 0.6 is 23.4 Å². The van der Waals surface area contributed by atoms with Gasteiger partial charge in [0.1, 0.15) is 12.4 Å². The fourth-order valence-corrected chi connectivity index (χ4v) is 5.88. The number of amides is 1. The van der Waals surface area contributed by atoms with Gasteiger partial charge in [-0.05, 0) is 57.4 Å². The number of carbonyl (C=O) groups excluding carboxylic acids is 1. The van der Waals surface area contributed by atoms with Gasteiger partial charge < -0.3 is 14.4 Å². The second kappa shape index (κ2) is 11.1. The highest BCUT2D eigenvalue weighted by Gasteiger charge is 2.28. The van der Waals surface area contributed by atoms with Crippen LogP contribution in [0.25, 0.3) is 0 Å². The van der Waals surface area contributed by atoms with Crippen LogP contribution in [-0.4, -0.2) is 56.6 Å². The predicted molar refractivity (Wildman–Crippen MR) is 130 cm³/mol. The molecular weight excluding hydrogens is 460 g/mol. The normalized spacial score (nSPS) is 21.9. The van der Waals surface area contributed by atoms with Gasteiger partial charge in [-0.2, -0.15) is 0 Å². The summed E-state index contributed by atoms with van der Waals surface area (Å²) in [6, 6.07) is 5.95. The lowest BCUT2D eigenvalue weighted by Crippen LogP contribution is -2.48. The summed E-state index contributed by atoms with van der Waals surface area (Å²) in [7, 11) is 0. The van der Waals surface area contributed by atoms with E-state index < -0.39 is 0 Å². The van der Waals surface area contributed by atoms with Gasteiger partial charge in [-0.3, -0.25) is 9.36 Å². The average molecular weight is 493 g/mol. The molecule has 1 amide bonds. The van der Waals surface area contributed by atoms with Crippen LogP contribution in [0.1, 0.15) is 63.4 Å². The molecule has 0 unspecified atom stereocenters. The van der Waals surface area contributed by atoms with E-state index in [0.29, 0.717) is 36.5 Å². The molecule has 0 N–H and O–H groups in total. The molecule has 0 bridgehead atoms. The quantitative estimate of drug-likeness (QED) is 0.503. The van der Waals surface area contributed by atoms with Crippen molar-refractivity contribution in [3.8, 4) is 5.75 Å². The van der Waals surface area contributed by atoms with E-state index in [-0.39, 0.29) is 18.1 Å². The number of thioether (sulfide) groups is 1. The topological polar surface area (TPSA) is 69.5 Å². The van der Waals surface area contributed by atoms with Gasteiger partial charge in [0.15, 0.2) is 11.0 Å². The van der Waals surface area contributed by atoms with Crippen LogP contribution < -0.4 is 4.74 Å². The SMILES string of the molecule is Cc1cc(Cl)ccc1OCc1nnc(SCC(=O)N2C[C@@H](C)O[C@H](C)C2)n1C1CCCCC1. The van der Waals surface area contributed by atoms with Gasteiger partial charge in [-0.25, -0.2) is 0 Å². The highest BCUT2D eigenvalue weighted by molar-refractivity contribution is 7.99. The number of carbonyl (C=O) groups is 1. The summed E-state index contributed by atoms with van der Waals surface area (Å²) in [5, 5.41) is 10.4. The lowest BCUT2D eigenvalue weighted by molar-refractivity contribution is -0.140. The van der Waals surface area contributed by atoms with Gasteiger partial charge >= 0.3 is 0 Å². The lowest BCUT2D eigenvalue weighted by Gasteiger charge is -2.35. The molecule has 2 heterocycles. The molecule has 0 radical (unpaired) electrons. The Morgan fingerprint density at radius 3 is 2.61 bits per heavy atom. The molecule has 7 nitrogen and oxygen atoms in total. The van der Waals surface area contributed by atoms with Crippen molar-refractivity contribution in [3.05, 3.63) is 34.6 Å². The zero-order valence-electron chi connectivity index (χ0n) is 19.6. The Labute approximate surface area is 205 Å². The van der Waals surface area contributed by atoms with Crippen LogP contribution in [0.15, 0.2) is 23.4 Å². The zero-order chi connectivity index (χ0) is 23.4. The minimum atomic E-state index is 0.0636. The summed E-state index contributed by atoms with van der Waals surface area (Å²) in [5.41, 5.74) is 0.986. The van der Waals surface area contributed by atoms with Crippen molar-refractivity contribution in [1.29, 1.82) is 0 Å². The van der Waals surface area contributed by atoms with Crippen molar-refractivity contribution in [1.82, 2.24) is 19.7 Å². The van der Waals surface area contributed by atoms with Gasteiger partial charge in [-0.1, -0.05) is 42.6 Å². The number of halogens is 1. The molecule has 2 atom stereocenters. The van der Waals surface area contributed by atoms with Crippen molar-refractivity contribution < 1.29 is 14.3 Å². The smallest absolute Gasteiger partial charge is 0.233 e. The monoisotopic (exact) mass is 492 g/mol. The van der Waals surface area contributed by atoms with Gasteiger partial charge in [0.25, 0.3) is 0 Å². The van der Waals surface area contributed by atoms with E-state index in [1.807, 2.05) is 43.9 Å². The molecular formula is C24H33ClN4O3S. The lowest BCUT2D eigenvalue weighted by atomic mass is 9.95. The summed E-state index contributed by atoms with van der Waals surface area (Å²) in [4.78, 5) is 14.8. The van der Waals surface area contributed by atoms with Crippen molar-refractivity contribution >= 4 is 29.3 Å². The molecule has 2 aliphatic rings.